The van der Waals surface area contributed by atoms with Gasteiger partial charge in [0.1, 0.15) is 0 Å². The van der Waals surface area contributed by atoms with Gasteiger partial charge in [0.2, 0.25) is 0 Å². The Morgan fingerprint density at radius 3 is 3.00 bits per heavy atom. The van der Waals surface area contributed by atoms with Gasteiger partial charge in [-0.05, 0) is 0 Å². The molecule has 0 aromatic carbocycles. The van der Waals surface area contributed by atoms with Gasteiger partial charge in [-0.15, -0.1) is 0 Å². The van der Waals surface area contributed by atoms with Crippen LogP contribution in [0.3, 0.4) is 0 Å². The molecule has 0 amide bonds. The average Bonchev–Trinajstić information content (AvgIpc) is 2.33. The van der Waals surface area contributed by atoms with E-state index in [0.29, 0.717) is 5.82 Å². The number of piperazine rings is 1. The van der Waals surface area contributed by atoms with Crippen molar-refractivity contribution in [3.8, 4) is 0 Å². The van der Waals surface area contributed by atoms with Crippen molar-refractivity contribution < 1.29 is 0 Å². The summed E-state index contributed by atoms with van der Waals surface area (Å²) in [5, 5.41) is 6.35. The molecule has 1 fully saturated rings. The van der Waals surface area contributed by atoms with Crippen LogP contribution in [0.5, 0.6) is 0 Å². The Morgan fingerprint density at radius 2 is 2.25 bits per heavy atom. The van der Waals surface area contributed by atoms with Crippen LogP contribution < -0.4 is 16.2 Å². The molecule has 1 saturated heterocycles. The lowest BCUT2D eigenvalue weighted by Crippen LogP contribution is -2.45. The van der Waals surface area contributed by atoms with Crippen molar-refractivity contribution in [2.24, 2.45) is 0 Å². The normalized spacial score (nSPS) is 17.2. The second-order valence-electron chi connectivity index (χ2n) is 3.79. The molecule has 0 radical (unpaired) electrons. The summed E-state index contributed by atoms with van der Waals surface area (Å²) < 4.78 is 0. The molecule has 0 saturated carbocycles. The Kier molecular flexibility index (Phi) is 3.90. The first-order chi connectivity index (χ1) is 7.86. The van der Waals surface area contributed by atoms with Crippen molar-refractivity contribution in [1.29, 1.82) is 0 Å². The maximum Gasteiger partial charge on any atom is 0.290 e. The van der Waals surface area contributed by atoms with Gasteiger partial charge in [-0.25, -0.2) is 4.98 Å². The lowest BCUT2D eigenvalue weighted by atomic mass is 10.3. The Labute approximate surface area is 94.1 Å². The molecule has 1 aliphatic rings. The van der Waals surface area contributed by atoms with Crippen LogP contribution in [0.15, 0.2) is 17.2 Å². The molecule has 1 aliphatic heterocycles. The van der Waals surface area contributed by atoms with Gasteiger partial charge in [-0.3, -0.25) is 9.69 Å². The maximum atomic E-state index is 11.3. The van der Waals surface area contributed by atoms with E-state index in [0.717, 1.165) is 39.3 Å². The van der Waals surface area contributed by atoms with Crippen molar-refractivity contribution >= 4 is 5.82 Å². The number of aromatic amines is 1. The fourth-order valence-electron chi connectivity index (χ4n) is 1.74. The predicted molar refractivity (Wildman–Crippen MR) is 62.7 cm³/mol. The Morgan fingerprint density at radius 1 is 1.44 bits per heavy atom. The lowest BCUT2D eigenvalue weighted by Gasteiger charge is -2.27. The standard InChI is InChI=1S/C10H17N5O/c16-10-9(12-1-2-14-10)13-5-8-15-6-3-11-4-7-15/h1-2,11H,3-8H2,(H,12,13)(H,14,16). The van der Waals surface area contributed by atoms with E-state index in [2.05, 4.69) is 25.5 Å². The Hall–Kier alpha value is -1.40. The number of aromatic nitrogens is 2. The third-order valence-corrected chi connectivity index (χ3v) is 2.64. The molecule has 2 rings (SSSR count). The van der Waals surface area contributed by atoms with E-state index in [1.807, 2.05) is 0 Å². The van der Waals surface area contributed by atoms with Crippen LogP contribution in [0.4, 0.5) is 5.82 Å². The van der Waals surface area contributed by atoms with E-state index >= 15 is 0 Å². The minimum Gasteiger partial charge on any atom is -0.364 e. The van der Waals surface area contributed by atoms with E-state index in [-0.39, 0.29) is 5.56 Å². The summed E-state index contributed by atoms with van der Waals surface area (Å²) in [5.74, 6) is 0.401. The molecular formula is C10H17N5O. The van der Waals surface area contributed by atoms with Crippen LogP contribution in [0.1, 0.15) is 0 Å². The first-order valence-electron chi connectivity index (χ1n) is 5.57. The Balaban J connectivity index is 1.75. The van der Waals surface area contributed by atoms with E-state index in [1.165, 1.54) is 6.20 Å². The summed E-state index contributed by atoms with van der Waals surface area (Å²) in [6.07, 6.45) is 3.11. The molecule has 0 bridgehead atoms. The molecule has 1 aromatic heterocycles. The minimum absolute atomic E-state index is 0.164. The highest BCUT2D eigenvalue weighted by atomic mass is 16.1. The van der Waals surface area contributed by atoms with Gasteiger partial charge in [0.05, 0.1) is 0 Å². The van der Waals surface area contributed by atoms with E-state index < -0.39 is 0 Å². The van der Waals surface area contributed by atoms with Crippen molar-refractivity contribution in [2.75, 3.05) is 44.6 Å². The smallest absolute Gasteiger partial charge is 0.290 e. The second kappa shape index (κ2) is 5.62. The molecule has 0 unspecified atom stereocenters. The summed E-state index contributed by atoms with van der Waals surface area (Å²) in [7, 11) is 0. The summed E-state index contributed by atoms with van der Waals surface area (Å²) in [6.45, 7) is 5.92. The van der Waals surface area contributed by atoms with Crippen LogP contribution in [0, 0.1) is 0 Å². The van der Waals surface area contributed by atoms with E-state index in [1.54, 1.807) is 6.20 Å². The van der Waals surface area contributed by atoms with Crippen molar-refractivity contribution in [2.45, 2.75) is 0 Å². The van der Waals surface area contributed by atoms with Gasteiger partial charge in [0.25, 0.3) is 5.56 Å². The van der Waals surface area contributed by atoms with Gasteiger partial charge >= 0.3 is 0 Å². The zero-order chi connectivity index (χ0) is 11.2. The van der Waals surface area contributed by atoms with Gasteiger partial charge in [0.15, 0.2) is 5.82 Å². The molecule has 88 valence electrons. The number of rotatable bonds is 4. The fourth-order valence-corrected chi connectivity index (χ4v) is 1.74. The summed E-state index contributed by atoms with van der Waals surface area (Å²) in [6, 6.07) is 0. The first-order valence-corrected chi connectivity index (χ1v) is 5.57. The third-order valence-electron chi connectivity index (χ3n) is 2.64. The highest BCUT2D eigenvalue weighted by molar-refractivity contribution is 5.29. The number of hydrogen-bond acceptors (Lipinski definition) is 5. The third kappa shape index (κ3) is 3.04. The highest BCUT2D eigenvalue weighted by Crippen LogP contribution is 1.93. The molecule has 1 aromatic rings. The number of anilines is 1. The molecule has 6 heteroatoms. The van der Waals surface area contributed by atoms with Gasteiger partial charge in [-0.2, -0.15) is 0 Å². The van der Waals surface area contributed by atoms with Crippen LogP contribution in [-0.2, 0) is 0 Å². The maximum absolute atomic E-state index is 11.3. The molecule has 6 nitrogen and oxygen atoms in total. The first kappa shape index (κ1) is 11.1. The Bertz CT molecular complexity index is 371. The topological polar surface area (TPSA) is 73.0 Å². The summed E-state index contributed by atoms with van der Waals surface area (Å²) in [4.78, 5) is 20.2. The number of hydrogen-bond donors (Lipinski definition) is 3. The van der Waals surface area contributed by atoms with E-state index in [4.69, 9.17) is 0 Å². The number of nitrogens with zero attached hydrogens (tertiary/aromatic N) is 2. The lowest BCUT2D eigenvalue weighted by molar-refractivity contribution is 0.249. The van der Waals surface area contributed by atoms with E-state index in [9.17, 15) is 4.79 Å². The molecule has 2 heterocycles. The van der Waals surface area contributed by atoms with Crippen molar-refractivity contribution in [3.05, 3.63) is 22.7 Å². The quantitative estimate of drug-likeness (QED) is 0.616. The zero-order valence-corrected chi connectivity index (χ0v) is 9.20. The summed E-state index contributed by atoms with van der Waals surface area (Å²) in [5.41, 5.74) is -0.164. The zero-order valence-electron chi connectivity index (χ0n) is 9.20. The fraction of sp³-hybridized carbons (Fsp3) is 0.600. The van der Waals surface area contributed by atoms with Crippen molar-refractivity contribution in [3.63, 3.8) is 0 Å². The number of H-pyrrole nitrogens is 1. The number of nitrogens with one attached hydrogen (secondary N) is 3. The molecule has 0 spiro atoms. The molecule has 3 N–H and O–H groups in total. The molecular weight excluding hydrogens is 206 g/mol. The monoisotopic (exact) mass is 223 g/mol. The SMILES string of the molecule is O=c1[nH]ccnc1NCCN1CCNCC1. The highest BCUT2D eigenvalue weighted by Gasteiger charge is 2.08. The van der Waals surface area contributed by atoms with Gasteiger partial charge < -0.3 is 15.6 Å². The minimum atomic E-state index is -0.164. The molecule has 0 atom stereocenters. The van der Waals surface area contributed by atoms with Gasteiger partial charge in [-0.1, -0.05) is 0 Å². The average molecular weight is 223 g/mol. The van der Waals surface area contributed by atoms with Crippen molar-refractivity contribution in [1.82, 2.24) is 20.2 Å². The van der Waals surface area contributed by atoms with Crippen LogP contribution in [0.2, 0.25) is 0 Å². The van der Waals surface area contributed by atoms with Crippen LogP contribution >= 0.6 is 0 Å². The molecule has 16 heavy (non-hydrogen) atoms. The predicted octanol–water partition coefficient (Wildman–Crippen LogP) is -0.913. The molecule has 0 aliphatic carbocycles. The largest absolute Gasteiger partial charge is 0.364 e. The second-order valence-corrected chi connectivity index (χ2v) is 3.79. The van der Waals surface area contributed by atoms with Crippen LogP contribution in [-0.4, -0.2) is 54.1 Å². The van der Waals surface area contributed by atoms with Gasteiger partial charge in [0, 0.05) is 51.7 Å². The summed E-state index contributed by atoms with van der Waals surface area (Å²) >= 11 is 0. The van der Waals surface area contributed by atoms with Crippen LogP contribution in [0.25, 0.3) is 0 Å².